The molecule has 2 atom stereocenters. The number of halogens is 1. The van der Waals surface area contributed by atoms with Gasteiger partial charge in [0.15, 0.2) is 5.83 Å². The molecule has 6 heteroatoms. The monoisotopic (exact) mass is 343 g/mol. The third kappa shape index (κ3) is 3.42. The summed E-state index contributed by atoms with van der Waals surface area (Å²) >= 11 is 0. The number of carbonyl (C=O) groups excluding carboxylic acids is 1. The number of carbonyl (C=O) groups is 1. The highest BCUT2D eigenvalue weighted by molar-refractivity contribution is 6.70. The maximum atomic E-state index is 15.2. The van der Waals surface area contributed by atoms with Crippen LogP contribution >= 0.6 is 0 Å². The van der Waals surface area contributed by atoms with Crippen LogP contribution in [-0.4, -0.2) is 36.0 Å². The summed E-state index contributed by atoms with van der Waals surface area (Å²) in [7, 11) is -1.90. The summed E-state index contributed by atoms with van der Waals surface area (Å²) < 4.78 is 26.7. The van der Waals surface area contributed by atoms with Crippen molar-refractivity contribution in [3.05, 3.63) is 11.6 Å². The fraction of sp³-hybridized carbons (Fsp3) is 0.824. The molecule has 4 nitrogen and oxygen atoms in total. The maximum Gasteiger partial charge on any atom is 0.411 e. The van der Waals surface area contributed by atoms with E-state index in [2.05, 4.69) is 0 Å². The van der Waals surface area contributed by atoms with E-state index in [1.807, 2.05) is 47.3 Å². The molecule has 2 aliphatic heterocycles. The molecule has 132 valence electrons. The van der Waals surface area contributed by atoms with Crippen LogP contribution in [0.3, 0.4) is 0 Å². The first-order chi connectivity index (χ1) is 10.2. The second-order valence-electron chi connectivity index (χ2n) is 9.21. The fourth-order valence-electron chi connectivity index (χ4n) is 3.61. The zero-order chi connectivity index (χ0) is 17.8. The molecule has 1 fully saturated rings. The summed E-state index contributed by atoms with van der Waals surface area (Å²) in [5, 5.41) is 0. The van der Waals surface area contributed by atoms with Crippen molar-refractivity contribution in [2.45, 2.75) is 90.2 Å². The summed E-state index contributed by atoms with van der Waals surface area (Å²) in [6.45, 7) is 15.4. The zero-order valence-electron chi connectivity index (χ0n) is 15.7. The van der Waals surface area contributed by atoms with E-state index < -0.39 is 31.1 Å². The first-order valence-electron chi connectivity index (χ1n) is 8.29. The van der Waals surface area contributed by atoms with Crippen molar-refractivity contribution in [2.75, 3.05) is 0 Å². The Balaban J connectivity index is 2.40. The van der Waals surface area contributed by atoms with Crippen molar-refractivity contribution in [3.8, 4) is 0 Å². The molecule has 23 heavy (non-hydrogen) atoms. The number of ether oxygens (including phenoxy) is 1. The van der Waals surface area contributed by atoms with Gasteiger partial charge in [-0.1, -0.05) is 0 Å². The average molecular weight is 344 g/mol. The Hall–Kier alpha value is -1.04. The molecule has 2 bridgehead atoms. The van der Waals surface area contributed by atoms with E-state index in [0.29, 0.717) is 18.6 Å². The summed E-state index contributed by atoms with van der Waals surface area (Å²) in [4.78, 5) is 14.3. The van der Waals surface area contributed by atoms with Gasteiger partial charge in [-0.15, -0.1) is 0 Å². The van der Waals surface area contributed by atoms with Crippen LogP contribution in [0.4, 0.5) is 9.18 Å². The average Bonchev–Trinajstić information content (AvgIpc) is 2.51. The van der Waals surface area contributed by atoms with Gasteiger partial charge in [-0.2, -0.15) is 0 Å². The fourth-order valence-corrected chi connectivity index (χ4v) is 4.51. The lowest BCUT2D eigenvalue weighted by Gasteiger charge is -2.48. The van der Waals surface area contributed by atoms with Crippen molar-refractivity contribution in [2.24, 2.45) is 0 Å². The molecule has 0 aliphatic carbocycles. The number of rotatable bonds is 2. The van der Waals surface area contributed by atoms with Gasteiger partial charge in [-0.25, -0.2) is 9.18 Å². The van der Waals surface area contributed by atoms with Gasteiger partial charge in [0.25, 0.3) is 0 Å². The Morgan fingerprint density at radius 1 is 1.22 bits per heavy atom. The highest BCUT2D eigenvalue weighted by atomic mass is 28.4. The molecule has 0 unspecified atom stereocenters. The number of hydrogen-bond acceptors (Lipinski definition) is 3. The predicted octanol–water partition coefficient (Wildman–Crippen LogP) is 4.97. The Labute approximate surface area is 140 Å². The Morgan fingerprint density at radius 2 is 1.78 bits per heavy atom. The molecule has 0 aromatic heterocycles. The minimum atomic E-state index is -1.90. The molecule has 0 radical (unpaired) electrons. The van der Waals surface area contributed by atoms with Crippen molar-refractivity contribution in [1.82, 2.24) is 4.90 Å². The number of fused-ring (bicyclic) bond motifs is 2. The van der Waals surface area contributed by atoms with Gasteiger partial charge in [0.1, 0.15) is 11.4 Å². The Morgan fingerprint density at radius 3 is 2.26 bits per heavy atom. The van der Waals surface area contributed by atoms with E-state index >= 15 is 4.39 Å². The summed E-state index contributed by atoms with van der Waals surface area (Å²) in [5.41, 5.74) is -2.02. The third-order valence-electron chi connectivity index (χ3n) is 4.45. The predicted molar refractivity (Wildman–Crippen MR) is 91.3 cm³/mol. The molecule has 0 aromatic rings. The van der Waals surface area contributed by atoms with E-state index in [9.17, 15) is 4.79 Å². The van der Waals surface area contributed by atoms with Crippen LogP contribution < -0.4 is 0 Å². The van der Waals surface area contributed by atoms with Crippen LogP contribution in [0.2, 0.25) is 19.6 Å². The molecule has 0 spiro atoms. The minimum Gasteiger partial charge on any atom is -0.545 e. The molecule has 1 amide bonds. The van der Waals surface area contributed by atoms with Crippen molar-refractivity contribution < 1.29 is 18.3 Å². The quantitative estimate of drug-likeness (QED) is 0.664. The molecular formula is C17H30FNO3Si. The molecular weight excluding hydrogens is 313 g/mol. The standard InChI is InChI=1S/C17H30FNO3Si/c1-15(2,3)21-14(20)19-16(4)9-10-17(19,5)13(18)12(11-16)22-23(6,7)8/h9-11H2,1-8H3/t16-,17+/m1/s1. The van der Waals surface area contributed by atoms with Crippen molar-refractivity contribution in [1.29, 1.82) is 0 Å². The largest absolute Gasteiger partial charge is 0.545 e. The summed E-state index contributed by atoms with van der Waals surface area (Å²) in [6, 6.07) is 0. The normalized spacial score (nSPS) is 31.4. The van der Waals surface area contributed by atoms with Crippen LogP contribution in [-0.2, 0) is 9.16 Å². The topological polar surface area (TPSA) is 38.8 Å². The van der Waals surface area contributed by atoms with Gasteiger partial charge < -0.3 is 9.16 Å². The van der Waals surface area contributed by atoms with Crippen LogP contribution in [0.5, 0.6) is 0 Å². The molecule has 2 aliphatic rings. The molecule has 2 rings (SSSR count). The first-order valence-corrected chi connectivity index (χ1v) is 11.7. The van der Waals surface area contributed by atoms with Crippen LogP contribution in [0.15, 0.2) is 11.6 Å². The third-order valence-corrected chi connectivity index (χ3v) is 5.31. The highest BCUT2D eigenvalue weighted by Crippen LogP contribution is 2.54. The molecule has 0 saturated carbocycles. The summed E-state index contributed by atoms with van der Waals surface area (Å²) in [6.07, 6.45) is 1.31. The van der Waals surface area contributed by atoms with Crippen LogP contribution in [0.1, 0.15) is 53.9 Å². The smallest absolute Gasteiger partial charge is 0.411 e. The zero-order valence-corrected chi connectivity index (χ0v) is 16.7. The lowest BCUT2D eigenvalue weighted by atomic mass is 9.89. The maximum absolute atomic E-state index is 15.2. The lowest BCUT2D eigenvalue weighted by Crippen LogP contribution is -2.59. The molecule has 2 heterocycles. The Bertz CT molecular complexity index is 549. The second kappa shape index (κ2) is 5.23. The molecule has 1 saturated heterocycles. The molecule has 0 N–H and O–H groups in total. The molecule has 0 aromatic carbocycles. The van der Waals surface area contributed by atoms with Crippen molar-refractivity contribution in [3.63, 3.8) is 0 Å². The van der Waals surface area contributed by atoms with Crippen LogP contribution in [0.25, 0.3) is 0 Å². The van der Waals surface area contributed by atoms with E-state index in [1.54, 1.807) is 11.8 Å². The van der Waals surface area contributed by atoms with E-state index in [4.69, 9.17) is 9.16 Å². The number of nitrogens with zero attached hydrogens (tertiary/aromatic N) is 1. The van der Waals surface area contributed by atoms with Gasteiger partial charge in [-0.3, -0.25) is 4.90 Å². The first kappa shape index (κ1) is 18.3. The minimum absolute atomic E-state index is 0.305. The van der Waals surface area contributed by atoms with Crippen molar-refractivity contribution >= 4 is 14.4 Å². The van der Waals surface area contributed by atoms with E-state index in [-0.39, 0.29) is 5.83 Å². The van der Waals surface area contributed by atoms with Gasteiger partial charge in [0.05, 0.1) is 11.1 Å². The lowest BCUT2D eigenvalue weighted by molar-refractivity contribution is -0.0218. The second-order valence-corrected chi connectivity index (χ2v) is 13.6. The summed E-state index contributed by atoms with van der Waals surface area (Å²) in [5.74, 6) is 0.132. The van der Waals surface area contributed by atoms with Gasteiger partial charge >= 0.3 is 6.09 Å². The highest BCUT2D eigenvalue weighted by Gasteiger charge is 2.60. The van der Waals surface area contributed by atoms with Gasteiger partial charge in [0.2, 0.25) is 8.32 Å². The van der Waals surface area contributed by atoms with Gasteiger partial charge in [-0.05, 0) is 67.1 Å². The van der Waals surface area contributed by atoms with E-state index in [0.717, 1.165) is 6.42 Å². The van der Waals surface area contributed by atoms with Crippen LogP contribution in [0, 0.1) is 0 Å². The number of amides is 1. The van der Waals surface area contributed by atoms with Gasteiger partial charge in [0, 0.05) is 6.42 Å². The number of hydrogen-bond donors (Lipinski definition) is 0. The van der Waals surface area contributed by atoms with E-state index in [1.165, 1.54) is 0 Å². The SMILES string of the molecule is CC(C)(C)OC(=O)N1[C@]2(C)CC[C@@]1(C)C(F)=C(O[Si](C)(C)C)C2. The Kier molecular flexibility index (Phi) is 4.16.